The lowest BCUT2D eigenvalue weighted by atomic mass is 10.1. The summed E-state index contributed by atoms with van der Waals surface area (Å²) < 4.78 is 11.6. The Morgan fingerprint density at radius 2 is 1.46 bits per heavy atom. The molecule has 2 amide bonds. The van der Waals surface area contributed by atoms with Crippen LogP contribution in [0.5, 0.6) is 0 Å². The Morgan fingerprint density at radius 3 is 2.14 bits per heavy atom. The zero-order chi connectivity index (χ0) is 25.0. The van der Waals surface area contributed by atoms with Gasteiger partial charge in [-0.3, -0.25) is 4.98 Å². The van der Waals surface area contributed by atoms with Gasteiger partial charge in [-0.15, -0.1) is 0 Å². The molecule has 2 unspecified atom stereocenters. The molecule has 3 aromatic rings. The van der Waals surface area contributed by atoms with Crippen LogP contribution in [-0.2, 0) is 9.47 Å². The summed E-state index contributed by atoms with van der Waals surface area (Å²) in [5.41, 5.74) is 2.17. The number of fused-ring (bicyclic) bond motifs is 2. The summed E-state index contributed by atoms with van der Waals surface area (Å²) in [5.74, 6) is 1.90. The summed E-state index contributed by atoms with van der Waals surface area (Å²) in [6.45, 7) is 5.86. The Balaban J connectivity index is 1.23. The van der Waals surface area contributed by atoms with E-state index in [1.165, 1.54) is 0 Å². The van der Waals surface area contributed by atoms with Crippen molar-refractivity contribution >= 4 is 29.3 Å². The van der Waals surface area contributed by atoms with Crippen LogP contribution in [0.25, 0.3) is 11.4 Å². The standard InChI is InChI=1S/C25H29N9O3/c35-25(29-19-5-7-26-8-6-19)28-18-3-1-17(2-4-18)22-30-23(33-9-11-36-12-10-33)32-24(31-22)34-15-20-13-27-14-21(16-34)37-20/h1-8,20-21,27H,9-16H2,(H2,26,28,29,35). The van der Waals surface area contributed by atoms with Crippen molar-refractivity contribution < 1.29 is 14.3 Å². The Labute approximate surface area is 214 Å². The Kier molecular flexibility index (Phi) is 6.76. The molecule has 6 rings (SSSR count). The second-order valence-electron chi connectivity index (χ2n) is 9.19. The summed E-state index contributed by atoms with van der Waals surface area (Å²) in [7, 11) is 0. The van der Waals surface area contributed by atoms with Gasteiger partial charge in [-0.1, -0.05) is 0 Å². The summed E-state index contributed by atoms with van der Waals surface area (Å²) in [4.78, 5) is 35.2. The Hall–Kier alpha value is -3.87. The first-order chi connectivity index (χ1) is 18.2. The predicted molar refractivity (Wildman–Crippen MR) is 139 cm³/mol. The number of nitrogens with zero attached hydrogens (tertiary/aromatic N) is 6. The predicted octanol–water partition coefficient (Wildman–Crippen LogP) is 1.59. The summed E-state index contributed by atoms with van der Waals surface area (Å²) >= 11 is 0. The molecule has 0 aliphatic carbocycles. The van der Waals surface area contributed by atoms with Crippen molar-refractivity contribution in [3.63, 3.8) is 0 Å². The van der Waals surface area contributed by atoms with Crippen LogP contribution in [0.3, 0.4) is 0 Å². The number of amides is 2. The topological polar surface area (TPSA) is 130 Å². The van der Waals surface area contributed by atoms with Gasteiger partial charge in [-0.25, -0.2) is 4.79 Å². The molecular formula is C25H29N9O3. The fourth-order valence-corrected chi connectivity index (χ4v) is 4.68. The third-order valence-electron chi connectivity index (χ3n) is 6.50. The molecule has 3 aliphatic heterocycles. The van der Waals surface area contributed by atoms with Gasteiger partial charge >= 0.3 is 6.03 Å². The molecule has 192 valence electrons. The SMILES string of the molecule is O=C(Nc1ccncc1)Nc1ccc(-c2nc(N3CCOCC3)nc(N3CC4CNCC(C3)O4)n2)cc1. The van der Waals surface area contributed by atoms with Crippen LogP contribution in [0.1, 0.15) is 0 Å². The number of benzene rings is 1. The minimum atomic E-state index is -0.330. The van der Waals surface area contributed by atoms with Crippen molar-refractivity contribution in [3.8, 4) is 11.4 Å². The van der Waals surface area contributed by atoms with Crippen LogP contribution >= 0.6 is 0 Å². The molecule has 37 heavy (non-hydrogen) atoms. The third-order valence-corrected chi connectivity index (χ3v) is 6.50. The molecule has 12 heteroatoms. The number of aromatic nitrogens is 4. The first-order valence-corrected chi connectivity index (χ1v) is 12.5. The first kappa shape index (κ1) is 23.5. The number of hydrogen-bond donors (Lipinski definition) is 3. The van der Waals surface area contributed by atoms with Gasteiger partial charge in [0.25, 0.3) is 0 Å². The number of carbonyl (C=O) groups excluding carboxylic acids is 1. The minimum Gasteiger partial charge on any atom is -0.378 e. The van der Waals surface area contributed by atoms with Crippen molar-refractivity contribution in [1.82, 2.24) is 25.3 Å². The van der Waals surface area contributed by atoms with Crippen molar-refractivity contribution in [2.45, 2.75) is 12.2 Å². The van der Waals surface area contributed by atoms with E-state index in [4.69, 9.17) is 24.4 Å². The lowest BCUT2D eigenvalue weighted by Crippen LogP contribution is -2.58. The maximum atomic E-state index is 12.3. The number of rotatable bonds is 5. The van der Waals surface area contributed by atoms with Crippen LogP contribution in [0.15, 0.2) is 48.8 Å². The van der Waals surface area contributed by atoms with E-state index in [1.54, 1.807) is 24.5 Å². The first-order valence-electron chi connectivity index (χ1n) is 12.5. The second kappa shape index (κ2) is 10.6. The average Bonchev–Trinajstić information content (AvgIpc) is 2.94. The zero-order valence-electron chi connectivity index (χ0n) is 20.3. The van der Waals surface area contributed by atoms with Crippen LogP contribution in [-0.4, -0.2) is 90.7 Å². The van der Waals surface area contributed by atoms with E-state index in [0.717, 1.165) is 44.8 Å². The molecule has 12 nitrogen and oxygen atoms in total. The van der Waals surface area contributed by atoms with Gasteiger partial charge in [0.2, 0.25) is 11.9 Å². The molecule has 3 saturated heterocycles. The number of nitrogens with one attached hydrogen (secondary N) is 3. The number of anilines is 4. The number of carbonyl (C=O) groups is 1. The van der Waals surface area contributed by atoms with Crippen molar-refractivity contribution in [2.75, 3.05) is 72.9 Å². The molecule has 3 N–H and O–H groups in total. The molecule has 0 saturated carbocycles. The van der Waals surface area contributed by atoms with Crippen molar-refractivity contribution in [1.29, 1.82) is 0 Å². The van der Waals surface area contributed by atoms with Crippen LogP contribution in [0, 0.1) is 0 Å². The molecule has 0 radical (unpaired) electrons. The second-order valence-corrected chi connectivity index (χ2v) is 9.19. The van der Waals surface area contributed by atoms with Gasteiger partial charge in [-0.2, -0.15) is 15.0 Å². The average molecular weight is 504 g/mol. The fraction of sp³-hybridized carbons (Fsp3) is 0.400. The normalized spacial score (nSPS) is 21.4. The Morgan fingerprint density at radius 1 is 0.838 bits per heavy atom. The lowest BCUT2D eigenvalue weighted by Gasteiger charge is -2.42. The van der Waals surface area contributed by atoms with E-state index in [-0.39, 0.29) is 18.2 Å². The third kappa shape index (κ3) is 5.61. The molecule has 3 fully saturated rings. The fourth-order valence-electron chi connectivity index (χ4n) is 4.68. The molecule has 1 aromatic carbocycles. The lowest BCUT2D eigenvalue weighted by molar-refractivity contribution is -0.0488. The van der Waals surface area contributed by atoms with E-state index < -0.39 is 0 Å². The van der Waals surface area contributed by atoms with Crippen LogP contribution < -0.4 is 25.8 Å². The number of urea groups is 1. The van der Waals surface area contributed by atoms with Gasteiger partial charge in [0.1, 0.15) is 0 Å². The molecule has 2 atom stereocenters. The maximum absolute atomic E-state index is 12.3. The van der Waals surface area contributed by atoms with E-state index in [0.29, 0.717) is 42.3 Å². The van der Waals surface area contributed by atoms with Gasteiger partial charge in [0.15, 0.2) is 5.82 Å². The van der Waals surface area contributed by atoms with Gasteiger partial charge in [0, 0.05) is 68.6 Å². The minimum absolute atomic E-state index is 0.114. The van der Waals surface area contributed by atoms with E-state index >= 15 is 0 Å². The molecule has 5 heterocycles. The van der Waals surface area contributed by atoms with Gasteiger partial charge in [0.05, 0.1) is 25.4 Å². The van der Waals surface area contributed by atoms with Crippen molar-refractivity contribution in [2.24, 2.45) is 0 Å². The molecule has 2 aromatic heterocycles. The van der Waals surface area contributed by atoms with Gasteiger partial charge < -0.3 is 35.2 Å². The summed E-state index contributed by atoms with van der Waals surface area (Å²) in [6.07, 6.45) is 3.48. The highest BCUT2D eigenvalue weighted by molar-refractivity contribution is 5.99. The molecular weight excluding hydrogens is 474 g/mol. The van der Waals surface area contributed by atoms with E-state index in [2.05, 4.69) is 30.7 Å². The summed E-state index contributed by atoms with van der Waals surface area (Å²) in [5, 5.41) is 9.05. The highest BCUT2D eigenvalue weighted by atomic mass is 16.5. The van der Waals surface area contributed by atoms with E-state index in [1.807, 2.05) is 24.3 Å². The number of hydrogen-bond acceptors (Lipinski definition) is 10. The highest BCUT2D eigenvalue weighted by Gasteiger charge is 2.33. The van der Waals surface area contributed by atoms with Crippen LogP contribution in [0.4, 0.5) is 28.1 Å². The van der Waals surface area contributed by atoms with E-state index in [9.17, 15) is 4.79 Å². The molecule has 2 bridgehead atoms. The highest BCUT2D eigenvalue weighted by Crippen LogP contribution is 2.26. The van der Waals surface area contributed by atoms with Crippen molar-refractivity contribution in [3.05, 3.63) is 48.8 Å². The number of pyridine rings is 1. The largest absolute Gasteiger partial charge is 0.378 e. The quantitative estimate of drug-likeness (QED) is 0.472. The molecule has 0 spiro atoms. The Bertz CT molecular complexity index is 1210. The summed E-state index contributed by atoms with van der Waals surface area (Å²) in [6, 6.07) is 10.6. The number of morpholine rings is 3. The van der Waals surface area contributed by atoms with Gasteiger partial charge in [-0.05, 0) is 36.4 Å². The monoisotopic (exact) mass is 503 g/mol. The smallest absolute Gasteiger partial charge is 0.323 e. The zero-order valence-corrected chi connectivity index (χ0v) is 20.3. The molecule has 3 aliphatic rings. The van der Waals surface area contributed by atoms with Crippen LogP contribution in [0.2, 0.25) is 0 Å². The maximum Gasteiger partial charge on any atom is 0.323 e. The number of ether oxygens (including phenoxy) is 2.